The molecule has 7 heteroatoms. The molecule has 1 aromatic heterocycles. The van der Waals surface area contributed by atoms with Gasteiger partial charge < -0.3 is 9.84 Å². The molecule has 100 valence electrons. The maximum atomic E-state index is 10.8. The lowest BCUT2D eigenvalue weighted by molar-refractivity contribution is 0.0690. The summed E-state index contributed by atoms with van der Waals surface area (Å²) in [6.07, 6.45) is 0. The van der Waals surface area contributed by atoms with Gasteiger partial charge in [-0.3, -0.25) is 5.10 Å². The molecule has 0 atom stereocenters. The van der Waals surface area contributed by atoms with Gasteiger partial charge in [-0.2, -0.15) is 5.10 Å². The zero-order valence-electron chi connectivity index (χ0n) is 9.91. The molecule has 2 aromatic rings. The number of nitrogens with zero attached hydrogens (tertiary/aromatic N) is 1. The van der Waals surface area contributed by atoms with Crippen LogP contribution in [0.2, 0.25) is 10.0 Å². The predicted molar refractivity (Wildman–Crippen MR) is 72.2 cm³/mol. The molecule has 0 fully saturated rings. The second-order valence-electron chi connectivity index (χ2n) is 3.67. The zero-order valence-corrected chi connectivity index (χ0v) is 11.4. The van der Waals surface area contributed by atoms with E-state index in [4.69, 9.17) is 33.0 Å². The normalized spacial score (nSPS) is 10.5. The first-order valence-corrected chi connectivity index (χ1v) is 6.19. The van der Waals surface area contributed by atoms with Gasteiger partial charge in [-0.05, 0) is 19.1 Å². The number of aromatic nitrogens is 2. The van der Waals surface area contributed by atoms with E-state index >= 15 is 0 Å². The maximum absolute atomic E-state index is 10.8. The van der Waals surface area contributed by atoms with Crippen LogP contribution in [0.4, 0.5) is 0 Å². The predicted octanol–water partition coefficient (Wildman–Crippen LogP) is 3.48. The van der Waals surface area contributed by atoms with E-state index in [1.807, 2.05) is 6.92 Å². The number of halogens is 2. The van der Waals surface area contributed by atoms with Gasteiger partial charge in [0.1, 0.15) is 11.4 Å². The number of aromatic carboxylic acids is 1. The van der Waals surface area contributed by atoms with E-state index in [0.29, 0.717) is 33.7 Å². The molecule has 2 rings (SSSR count). The van der Waals surface area contributed by atoms with Crippen molar-refractivity contribution in [3.63, 3.8) is 0 Å². The van der Waals surface area contributed by atoms with Gasteiger partial charge in [-0.25, -0.2) is 4.79 Å². The number of nitrogens with one attached hydrogen (secondary N) is 1. The van der Waals surface area contributed by atoms with Crippen molar-refractivity contribution >= 4 is 29.2 Å². The van der Waals surface area contributed by atoms with E-state index in [1.165, 1.54) is 6.07 Å². The van der Waals surface area contributed by atoms with Gasteiger partial charge >= 0.3 is 5.97 Å². The van der Waals surface area contributed by atoms with Crippen LogP contribution in [0, 0.1) is 0 Å². The molecular formula is C12H10Cl2N2O3. The molecule has 0 unspecified atom stereocenters. The van der Waals surface area contributed by atoms with Gasteiger partial charge in [0, 0.05) is 11.6 Å². The van der Waals surface area contributed by atoms with Crippen LogP contribution >= 0.6 is 23.2 Å². The van der Waals surface area contributed by atoms with Crippen molar-refractivity contribution in [1.29, 1.82) is 0 Å². The van der Waals surface area contributed by atoms with Gasteiger partial charge in [0.15, 0.2) is 0 Å². The number of ether oxygens (including phenoxy) is 1. The van der Waals surface area contributed by atoms with Crippen LogP contribution < -0.4 is 4.74 Å². The number of H-pyrrole nitrogens is 1. The first-order chi connectivity index (χ1) is 9.02. The topological polar surface area (TPSA) is 75.2 Å². The van der Waals surface area contributed by atoms with Crippen molar-refractivity contribution in [3.05, 3.63) is 33.9 Å². The molecule has 0 radical (unpaired) electrons. The quantitative estimate of drug-likeness (QED) is 0.906. The standard InChI is InChI=1S/C12H10Cl2N2O3/c1-2-19-11-4-7(13)6(3-8(11)14)9-5-10(12(17)18)16-15-9/h3-5H,2H2,1H3,(H,15,16)(H,17,18). The second kappa shape index (κ2) is 5.50. The smallest absolute Gasteiger partial charge is 0.353 e. The second-order valence-corrected chi connectivity index (χ2v) is 4.48. The molecule has 0 aliphatic carbocycles. The Morgan fingerprint density at radius 1 is 1.37 bits per heavy atom. The Hall–Kier alpha value is -1.72. The molecule has 0 amide bonds. The number of benzene rings is 1. The average Bonchev–Trinajstić information content (AvgIpc) is 2.83. The molecule has 0 bridgehead atoms. The van der Waals surface area contributed by atoms with Crippen LogP contribution in [-0.2, 0) is 0 Å². The summed E-state index contributed by atoms with van der Waals surface area (Å²) in [7, 11) is 0. The van der Waals surface area contributed by atoms with Crippen LogP contribution in [0.5, 0.6) is 5.75 Å². The Bertz CT molecular complexity index is 625. The number of hydrogen-bond donors (Lipinski definition) is 2. The summed E-state index contributed by atoms with van der Waals surface area (Å²) in [6.45, 7) is 2.31. The van der Waals surface area contributed by atoms with Crippen molar-refractivity contribution in [2.45, 2.75) is 6.92 Å². The molecule has 5 nitrogen and oxygen atoms in total. The van der Waals surface area contributed by atoms with E-state index in [-0.39, 0.29) is 5.69 Å². The van der Waals surface area contributed by atoms with E-state index in [9.17, 15) is 4.79 Å². The lowest BCUT2D eigenvalue weighted by atomic mass is 10.1. The molecule has 19 heavy (non-hydrogen) atoms. The fourth-order valence-electron chi connectivity index (χ4n) is 1.56. The Kier molecular flexibility index (Phi) is 3.97. The molecule has 2 N–H and O–H groups in total. The van der Waals surface area contributed by atoms with Crippen molar-refractivity contribution < 1.29 is 14.6 Å². The van der Waals surface area contributed by atoms with E-state index in [0.717, 1.165) is 0 Å². The Morgan fingerprint density at radius 2 is 2.11 bits per heavy atom. The van der Waals surface area contributed by atoms with Gasteiger partial charge in [0.25, 0.3) is 0 Å². The first-order valence-electron chi connectivity index (χ1n) is 5.43. The van der Waals surface area contributed by atoms with Crippen LogP contribution in [-0.4, -0.2) is 27.9 Å². The lowest BCUT2D eigenvalue weighted by Crippen LogP contribution is -1.95. The highest BCUT2D eigenvalue weighted by molar-refractivity contribution is 6.36. The van der Waals surface area contributed by atoms with Crippen LogP contribution in [0.3, 0.4) is 0 Å². The number of rotatable bonds is 4. The minimum atomic E-state index is -1.09. The van der Waals surface area contributed by atoms with Gasteiger partial charge in [-0.1, -0.05) is 23.2 Å². The SMILES string of the molecule is CCOc1cc(Cl)c(-c2cc(C(=O)O)[nH]n2)cc1Cl. The van der Waals surface area contributed by atoms with Crippen molar-refractivity contribution in [2.24, 2.45) is 0 Å². The summed E-state index contributed by atoms with van der Waals surface area (Å²) < 4.78 is 5.31. The molecule has 0 spiro atoms. The Morgan fingerprint density at radius 3 is 2.68 bits per heavy atom. The van der Waals surface area contributed by atoms with E-state index in [1.54, 1.807) is 12.1 Å². The Balaban J connectivity index is 2.44. The monoisotopic (exact) mass is 300 g/mol. The summed E-state index contributed by atoms with van der Waals surface area (Å²) >= 11 is 12.2. The van der Waals surface area contributed by atoms with Crippen LogP contribution in [0.1, 0.15) is 17.4 Å². The van der Waals surface area contributed by atoms with Crippen molar-refractivity contribution in [2.75, 3.05) is 6.61 Å². The fraction of sp³-hybridized carbons (Fsp3) is 0.167. The Labute approximate surface area is 119 Å². The summed E-state index contributed by atoms with van der Waals surface area (Å²) in [5.74, 6) is -0.612. The highest BCUT2D eigenvalue weighted by Gasteiger charge is 2.14. The van der Waals surface area contributed by atoms with E-state index < -0.39 is 5.97 Å². The minimum Gasteiger partial charge on any atom is -0.492 e. The first kappa shape index (κ1) is 13.7. The third-order valence-corrected chi connectivity index (χ3v) is 3.01. The lowest BCUT2D eigenvalue weighted by Gasteiger charge is -2.08. The van der Waals surface area contributed by atoms with Crippen molar-refractivity contribution in [3.8, 4) is 17.0 Å². The highest BCUT2D eigenvalue weighted by atomic mass is 35.5. The fourth-order valence-corrected chi connectivity index (χ4v) is 2.03. The summed E-state index contributed by atoms with van der Waals surface area (Å²) in [5, 5.41) is 15.9. The molecule has 0 saturated carbocycles. The number of hydrogen-bond acceptors (Lipinski definition) is 3. The van der Waals surface area contributed by atoms with Crippen LogP contribution in [0.15, 0.2) is 18.2 Å². The molecule has 0 aliphatic rings. The number of carboxylic acid groups (broad SMARTS) is 1. The largest absolute Gasteiger partial charge is 0.492 e. The molecular weight excluding hydrogens is 291 g/mol. The number of carboxylic acids is 1. The summed E-state index contributed by atoms with van der Waals surface area (Å²) in [6, 6.07) is 4.56. The summed E-state index contributed by atoms with van der Waals surface area (Å²) in [4.78, 5) is 10.8. The highest BCUT2D eigenvalue weighted by Crippen LogP contribution is 2.36. The summed E-state index contributed by atoms with van der Waals surface area (Å²) in [5.41, 5.74) is 0.933. The average molecular weight is 301 g/mol. The van der Waals surface area contributed by atoms with Crippen LogP contribution in [0.25, 0.3) is 11.3 Å². The maximum Gasteiger partial charge on any atom is 0.353 e. The minimum absolute atomic E-state index is 0.0175. The van der Waals surface area contributed by atoms with Gasteiger partial charge in [-0.15, -0.1) is 0 Å². The van der Waals surface area contributed by atoms with Gasteiger partial charge in [0.2, 0.25) is 0 Å². The third kappa shape index (κ3) is 2.83. The van der Waals surface area contributed by atoms with Crippen molar-refractivity contribution in [1.82, 2.24) is 10.2 Å². The number of aromatic amines is 1. The zero-order chi connectivity index (χ0) is 14.0. The van der Waals surface area contributed by atoms with E-state index in [2.05, 4.69) is 10.2 Å². The molecule has 0 saturated heterocycles. The number of carbonyl (C=O) groups is 1. The molecule has 1 aromatic carbocycles. The van der Waals surface area contributed by atoms with Gasteiger partial charge in [0.05, 0.1) is 22.3 Å². The third-order valence-electron chi connectivity index (χ3n) is 2.41. The molecule has 1 heterocycles. The molecule has 0 aliphatic heterocycles.